The van der Waals surface area contributed by atoms with Gasteiger partial charge in [-0.15, -0.1) is 0 Å². The number of H-pyrrole nitrogens is 1. The highest BCUT2D eigenvalue weighted by molar-refractivity contribution is 6.06. The molecule has 2 N–H and O–H groups in total. The van der Waals surface area contributed by atoms with Crippen LogP contribution in [-0.2, 0) is 0 Å². The number of nitrogens with zero attached hydrogens (tertiary/aromatic N) is 1. The molecule has 1 aromatic carbocycles. The fourth-order valence-electron chi connectivity index (χ4n) is 1.82. The van der Waals surface area contributed by atoms with Crippen molar-refractivity contribution < 1.29 is 9.53 Å². The summed E-state index contributed by atoms with van der Waals surface area (Å²) in [5.74, 6) is 0.438. The van der Waals surface area contributed by atoms with Gasteiger partial charge < -0.3 is 10.1 Å². The average Bonchev–Trinajstić information content (AvgIpc) is 2.69. The van der Waals surface area contributed by atoms with E-state index in [-0.39, 0.29) is 5.91 Å². The molecule has 0 unspecified atom stereocenters. The number of para-hydroxylation sites is 2. The number of aromatic amines is 1. The molecule has 0 saturated heterocycles. The van der Waals surface area contributed by atoms with Crippen molar-refractivity contribution in [2.45, 2.75) is 13.8 Å². The second kappa shape index (κ2) is 4.91. The molecule has 18 heavy (non-hydrogen) atoms. The number of methoxy groups -OCH3 is 1. The van der Waals surface area contributed by atoms with Crippen LogP contribution < -0.4 is 10.1 Å². The summed E-state index contributed by atoms with van der Waals surface area (Å²) in [5.41, 5.74) is 2.64. The minimum Gasteiger partial charge on any atom is -0.495 e. The van der Waals surface area contributed by atoms with Gasteiger partial charge in [0.1, 0.15) is 5.75 Å². The van der Waals surface area contributed by atoms with E-state index in [1.165, 1.54) is 0 Å². The number of anilines is 1. The number of ether oxygens (including phenoxy) is 1. The van der Waals surface area contributed by atoms with Crippen molar-refractivity contribution in [1.82, 2.24) is 10.2 Å². The van der Waals surface area contributed by atoms with Crippen molar-refractivity contribution in [3.8, 4) is 5.75 Å². The molecule has 5 nitrogen and oxygen atoms in total. The van der Waals surface area contributed by atoms with Crippen LogP contribution in [0.1, 0.15) is 21.7 Å². The smallest absolute Gasteiger partial charge is 0.259 e. The molecule has 2 rings (SSSR count). The van der Waals surface area contributed by atoms with Gasteiger partial charge in [-0.25, -0.2) is 0 Å². The Morgan fingerprint density at radius 2 is 2.06 bits per heavy atom. The number of carbonyl (C=O) groups excluding carboxylic acids is 1. The lowest BCUT2D eigenvalue weighted by molar-refractivity contribution is 0.102. The van der Waals surface area contributed by atoms with Gasteiger partial charge in [0.25, 0.3) is 5.91 Å². The van der Waals surface area contributed by atoms with Crippen LogP contribution in [0.2, 0.25) is 0 Å². The SMILES string of the molecule is COc1ccccc1NC(=O)c1c(C)n[nH]c1C. The summed E-state index contributed by atoms with van der Waals surface area (Å²) in [4.78, 5) is 12.2. The van der Waals surface area contributed by atoms with Crippen LogP contribution in [0.4, 0.5) is 5.69 Å². The molecule has 0 fully saturated rings. The van der Waals surface area contributed by atoms with Crippen molar-refractivity contribution >= 4 is 11.6 Å². The van der Waals surface area contributed by atoms with Crippen molar-refractivity contribution in [1.29, 1.82) is 0 Å². The minimum atomic E-state index is -0.191. The van der Waals surface area contributed by atoms with E-state index in [1.54, 1.807) is 26.2 Å². The molecule has 5 heteroatoms. The average molecular weight is 245 g/mol. The van der Waals surface area contributed by atoms with Gasteiger partial charge in [-0.05, 0) is 26.0 Å². The van der Waals surface area contributed by atoms with E-state index in [0.29, 0.717) is 22.7 Å². The molecule has 0 atom stereocenters. The van der Waals surface area contributed by atoms with E-state index >= 15 is 0 Å². The predicted octanol–water partition coefficient (Wildman–Crippen LogP) is 2.29. The Hall–Kier alpha value is -2.30. The Bertz CT molecular complexity index is 556. The minimum absolute atomic E-state index is 0.191. The first-order valence-electron chi connectivity index (χ1n) is 5.59. The molecule has 0 aliphatic heterocycles. The molecule has 0 spiro atoms. The monoisotopic (exact) mass is 245 g/mol. The van der Waals surface area contributed by atoms with Gasteiger partial charge in [0.15, 0.2) is 0 Å². The molecule has 0 saturated carbocycles. The van der Waals surface area contributed by atoms with Crippen molar-refractivity contribution in [3.05, 3.63) is 41.2 Å². The van der Waals surface area contributed by atoms with Crippen LogP contribution in [0.5, 0.6) is 5.75 Å². The molecular formula is C13H15N3O2. The Morgan fingerprint density at radius 3 is 2.67 bits per heavy atom. The van der Waals surface area contributed by atoms with Crippen LogP contribution >= 0.6 is 0 Å². The van der Waals surface area contributed by atoms with Gasteiger partial charge in [0.05, 0.1) is 24.1 Å². The maximum Gasteiger partial charge on any atom is 0.259 e. The summed E-state index contributed by atoms with van der Waals surface area (Å²) in [6, 6.07) is 7.28. The number of aryl methyl sites for hydroxylation is 2. The number of rotatable bonds is 3. The summed E-state index contributed by atoms with van der Waals surface area (Å²) < 4.78 is 5.19. The zero-order valence-electron chi connectivity index (χ0n) is 10.6. The summed E-state index contributed by atoms with van der Waals surface area (Å²) in [7, 11) is 1.57. The first-order chi connectivity index (χ1) is 8.63. The van der Waals surface area contributed by atoms with Gasteiger partial charge in [-0.2, -0.15) is 5.10 Å². The summed E-state index contributed by atoms with van der Waals surface area (Å²) >= 11 is 0. The Kier molecular flexibility index (Phi) is 3.32. The second-order valence-corrected chi connectivity index (χ2v) is 3.96. The van der Waals surface area contributed by atoms with E-state index in [9.17, 15) is 4.79 Å². The summed E-state index contributed by atoms with van der Waals surface area (Å²) in [6.07, 6.45) is 0. The standard InChI is InChI=1S/C13H15N3O2/c1-8-12(9(2)16-15-8)13(17)14-10-6-4-5-7-11(10)18-3/h4-7H,1-3H3,(H,14,17)(H,15,16). The number of aromatic nitrogens is 2. The lowest BCUT2D eigenvalue weighted by Gasteiger charge is -2.09. The topological polar surface area (TPSA) is 67.0 Å². The predicted molar refractivity (Wildman–Crippen MR) is 69.0 cm³/mol. The highest BCUT2D eigenvalue weighted by Gasteiger charge is 2.16. The molecule has 0 aliphatic carbocycles. The third-order valence-electron chi connectivity index (χ3n) is 2.71. The molecule has 94 valence electrons. The number of hydrogen-bond acceptors (Lipinski definition) is 3. The number of benzene rings is 1. The third kappa shape index (κ3) is 2.20. The van der Waals surface area contributed by atoms with Gasteiger partial charge in [0.2, 0.25) is 0 Å². The highest BCUT2D eigenvalue weighted by atomic mass is 16.5. The molecule has 0 aliphatic rings. The molecule has 1 aromatic heterocycles. The zero-order chi connectivity index (χ0) is 13.1. The fraction of sp³-hybridized carbons (Fsp3) is 0.231. The largest absolute Gasteiger partial charge is 0.495 e. The molecular weight excluding hydrogens is 230 g/mol. The fourth-order valence-corrected chi connectivity index (χ4v) is 1.82. The van der Waals surface area contributed by atoms with Crippen LogP contribution in [-0.4, -0.2) is 23.2 Å². The summed E-state index contributed by atoms with van der Waals surface area (Å²) in [6.45, 7) is 3.61. The van der Waals surface area contributed by atoms with Crippen LogP contribution in [0.15, 0.2) is 24.3 Å². The molecule has 0 radical (unpaired) electrons. The lowest BCUT2D eigenvalue weighted by atomic mass is 10.2. The Balaban J connectivity index is 2.27. The number of nitrogens with one attached hydrogen (secondary N) is 2. The Labute approximate surface area is 105 Å². The van der Waals surface area contributed by atoms with E-state index in [0.717, 1.165) is 5.69 Å². The van der Waals surface area contributed by atoms with Crippen molar-refractivity contribution in [2.24, 2.45) is 0 Å². The Morgan fingerprint density at radius 1 is 1.33 bits per heavy atom. The molecule has 0 bridgehead atoms. The zero-order valence-corrected chi connectivity index (χ0v) is 10.6. The first-order valence-corrected chi connectivity index (χ1v) is 5.59. The first kappa shape index (κ1) is 12.2. The van der Waals surface area contributed by atoms with Crippen molar-refractivity contribution in [2.75, 3.05) is 12.4 Å². The number of hydrogen-bond donors (Lipinski definition) is 2. The molecule has 2 aromatic rings. The van der Waals surface area contributed by atoms with Gasteiger partial charge in [-0.1, -0.05) is 12.1 Å². The van der Waals surface area contributed by atoms with Gasteiger partial charge >= 0.3 is 0 Å². The normalized spacial score (nSPS) is 10.2. The van der Waals surface area contributed by atoms with Crippen molar-refractivity contribution in [3.63, 3.8) is 0 Å². The van der Waals surface area contributed by atoms with E-state index < -0.39 is 0 Å². The molecule has 1 heterocycles. The number of amides is 1. The van der Waals surface area contributed by atoms with E-state index in [1.807, 2.05) is 19.1 Å². The van der Waals surface area contributed by atoms with Gasteiger partial charge in [0, 0.05) is 5.69 Å². The number of carbonyl (C=O) groups is 1. The van der Waals surface area contributed by atoms with Crippen LogP contribution in [0.3, 0.4) is 0 Å². The molecule has 1 amide bonds. The highest BCUT2D eigenvalue weighted by Crippen LogP contribution is 2.24. The summed E-state index contributed by atoms with van der Waals surface area (Å²) in [5, 5.41) is 9.62. The maximum absolute atomic E-state index is 12.2. The van der Waals surface area contributed by atoms with Gasteiger partial charge in [-0.3, -0.25) is 9.89 Å². The maximum atomic E-state index is 12.2. The quantitative estimate of drug-likeness (QED) is 0.871. The lowest BCUT2D eigenvalue weighted by Crippen LogP contribution is -2.14. The third-order valence-corrected chi connectivity index (χ3v) is 2.71. The second-order valence-electron chi connectivity index (χ2n) is 3.96. The van der Waals surface area contributed by atoms with Crippen LogP contribution in [0, 0.1) is 13.8 Å². The van der Waals surface area contributed by atoms with Crippen LogP contribution in [0.25, 0.3) is 0 Å². The van der Waals surface area contributed by atoms with E-state index in [2.05, 4.69) is 15.5 Å². The van der Waals surface area contributed by atoms with E-state index in [4.69, 9.17) is 4.74 Å².